The molecule has 1 amide bonds. The fourth-order valence-electron chi connectivity index (χ4n) is 4.97. The number of ether oxygens (including phenoxy) is 1. The summed E-state index contributed by atoms with van der Waals surface area (Å²) in [5.74, 6) is 0.0777. The summed E-state index contributed by atoms with van der Waals surface area (Å²) in [6, 6.07) is 2.65. The zero-order valence-electron chi connectivity index (χ0n) is 17.6. The third-order valence-corrected chi connectivity index (χ3v) is 6.10. The SMILES string of the molecule is Cc1cc(C(=O)NCCCN2CC(C)OC(C)C2)c(C)n1C1CCCCC1. The fourth-order valence-corrected chi connectivity index (χ4v) is 4.97. The first-order valence-corrected chi connectivity index (χ1v) is 10.8. The lowest BCUT2D eigenvalue weighted by Gasteiger charge is -2.35. The minimum Gasteiger partial charge on any atom is -0.373 e. The molecule has 1 saturated carbocycles. The normalized spacial score (nSPS) is 24.9. The van der Waals surface area contributed by atoms with Crippen LogP contribution in [0.5, 0.6) is 0 Å². The largest absolute Gasteiger partial charge is 0.373 e. The summed E-state index contributed by atoms with van der Waals surface area (Å²) in [6.45, 7) is 12.2. The number of hydrogen-bond donors (Lipinski definition) is 1. The predicted octanol–water partition coefficient (Wildman–Crippen LogP) is 3.84. The minimum atomic E-state index is 0.0777. The first-order chi connectivity index (χ1) is 13.0. The lowest BCUT2D eigenvalue weighted by Crippen LogP contribution is -2.46. The molecule has 1 saturated heterocycles. The summed E-state index contributed by atoms with van der Waals surface area (Å²) in [7, 11) is 0. The third kappa shape index (κ3) is 5.14. The number of hydrogen-bond acceptors (Lipinski definition) is 3. The van der Waals surface area contributed by atoms with Crippen LogP contribution in [-0.2, 0) is 4.74 Å². The Balaban J connectivity index is 1.49. The standard InChI is InChI=1S/C22H37N3O2/c1-16-13-21(19(4)25(16)20-9-6-5-7-10-20)22(26)23-11-8-12-24-14-17(2)27-18(3)15-24/h13,17-18,20H,5-12,14-15H2,1-4H3,(H,23,26). The van der Waals surface area contributed by atoms with E-state index in [1.165, 1.54) is 37.8 Å². The van der Waals surface area contributed by atoms with Gasteiger partial charge in [0, 0.05) is 43.6 Å². The highest BCUT2D eigenvalue weighted by atomic mass is 16.5. The zero-order chi connectivity index (χ0) is 19.4. The number of aryl methyl sites for hydroxylation is 1. The van der Waals surface area contributed by atoms with E-state index in [9.17, 15) is 4.79 Å². The van der Waals surface area contributed by atoms with E-state index in [1.54, 1.807) is 0 Å². The van der Waals surface area contributed by atoms with Gasteiger partial charge in [0.05, 0.1) is 17.8 Å². The van der Waals surface area contributed by atoms with E-state index in [0.717, 1.165) is 43.9 Å². The van der Waals surface area contributed by atoms with E-state index >= 15 is 0 Å². The van der Waals surface area contributed by atoms with Crippen LogP contribution < -0.4 is 5.32 Å². The molecule has 5 nitrogen and oxygen atoms in total. The van der Waals surface area contributed by atoms with Crippen molar-refractivity contribution < 1.29 is 9.53 Å². The highest BCUT2D eigenvalue weighted by Crippen LogP contribution is 2.32. The summed E-state index contributed by atoms with van der Waals surface area (Å²) < 4.78 is 8.19. The number of amides is 1. The molecule has 152 valence electrons. The first-order valence-electron chi connectivity index (χ1n) is 10.8. The number of aromatic nitrogens is 1. The van der Waals surface area contributed by atoms with Gasteiger partial charge < -0.3 is 14.6 Å². The monoisotopic (exact) mass is 375 g/mol. The number of nitrogens with zero attached hydrogens (tertiary/aromatic N) is 2. The molecule has 5 heteroatoms. The van der Waals surface area contributed by atoms with Gasteiger partial charge in [-0.1, -0.05) is 19.3 Å². The van der Waals surface area contributed by atoms with E-state index in [1.807, 2.05) is 0 Å². The van der Waals surface area contributed by atoms with E-state index in [2.05, 4.69) is 48.5 Å². The minimum absolute atomic E-state index is 0.0777. The number of carbonyl (C=O) groups is 1. The van der Waals surface area contributed by atoms with Gasteiger partial charge in [0.15, 0.2) is 0 Å². The third-order valence-electron chi connectivity index (χ3n) is 6.10. The Morgan fingerprint density at radius 3 is 2.48 bits per heavy atom. The van der Waals surface area contributed by atoms with E-state index in [0.29, 0.717) is 18.2 Å². The van der Waals surface area contributed by atoms with Gasteiger partial charge in [0.2, 0.25) is 0 Å². The molecule has 0 spiro atoms. The van der Waals surface area contributed by atoms with Crippen molar-refractivity contribution in [3.05, 3.63) is 23.0 Å². The maximum Gasteiger partial charge on any atom is 0.253 e. The van der Waals surface area contributed by atoms with Crippen molar-refractivity contribution in [1.29, 1.82) is 0 Å². The number of rotatable bonds is 6. The topological polar surface area (TPSA) is 46.5 Å². The quantitative estimate of drug-likeness (QED) is 0.769. The summed E-state index contributed by atoms with van der Waals surface area (Å²) >= 11 is 0. The van der Waals surface area contributed by atoms with Crippen molar-refractivity contribution in [3.63, 3.8) is 0 Å². The molecule has 2 aliphatic rings. The first kappa shape index (κ1) is 20.4. The average Bonchev–Trinajstić information content (AvgIpc) is 2.93. The number of nitrogens with one attached hydrogen (secondary N) is 1. The molecular weight excluding hydrogens is 338 g/mol. The van der Waals surface area contributed by atoms with Crippen LogP contribution in [0.4, 0.5) is 0 Å². The molecule has 1 aliphatic carbocycles. The number of carbonyl (C=O) groups excluding carboxylic acids is 1. The van der Waals surface area contributed by atoms with Crippen molar-refractivity contribution in [2.24, 2.45) is 0 Å². The summed E-state index contributed by atoms with van der Waals surface area (Å²) in [4.78, 5) is 15.2. The molecule has 27 heavy (non-hydrogen) atoms. The van der Waals surface area contributed by atoms with Crippen molar-refractivity contribution in [1.82, 2.24) is 14.8 Å². The highest BCUT2D eigenvalue weighted by molar-refractivity contribution is 5.95. The molecule has 1 aromatic heterocycles. The molecule has 0 bridgehead atoms. The Morgan fingerprint density at radius 1 is 1.15 bits per heavy atom. The van der Waals surface area contributed by atoms with Crippen LogP contribution in [0.1, 0.15) is 80.2 Å². The van der Waals surface area contributed by atoms with Crippen molar-refractivity contribution in [2.45, 2.75) is 84.5 Å². The maximum absolute atomic E-state index is 12.7. The Bertz CT molecular complexity index is 624. The lowest BCUT2D eigenvalue weighted by molar-refractivity contribution is -0.0679. The molecular formula is C22H37N3O2. The predicted molar refractivity (Wildman–Crippen MR) is 109 cm³/mol. The Morgan fingerprint density at radius 2 is 1.81 bits per heavy atom. The van der Waals surface area contributed by atoms with Crippen LogP contribution in [0.15, 0.2) is 6.07 Å². The fraction of sp³-hybridized carbons (Fsp3) is 0.773. The Kier molecular flexibility index (Phi) is 6.99. The van der Waals surface area contributed by atoms with Crippen LogP contribution >= 0.6 is 0 Å². The van der Waals surface area contributed by atoms with Gasteiger partial charge in [0.1, 0.15) is 0 Å². The maximum atomic E-state index is 12.7. The lowest BCUT2D eigenvalue weighted by atomic mass is 9.95. The second-order valence-electron chi connectivity index (χ2n) is 8.57. The smallest absolute Gasteiger partial charge is 0.253 e. The van der Waals surface area contributed by atoms with Crippen LogP contribution in [0.3, 0.4) is 0 Å². The molecule has 0 aromatic carbocycles. The second kappa shape index (κ2) is 9.24. The molecule has 1 aromatic rings. The molecule has 0 radical (unpaired) electrons. The van der Waals surface area contributed by atoms with Gasteiger partial charge in [-0.05, 0) is 53.0 Å². The summed E-state index contributed by atoms with van der Waals surface area (Å²) in [6.07, 6.45) is 8.03. The van der Waals surface area contributed by atoms with Crippen molar-refractivity contribution in [2.75, 3.05) is 26.2 Å². The molecule has 1 aliphatic heterocycles. The Labute approximate surface area is 164 Å². The van der Waals surface area contributed by atoms with Gasteiger partial charge in [-0.2, -0.15) is 0 Å². The molecule has 2 heterocycles. The summed E-state index contributed by atoms with van der Waals surface area (Å²) in [5.41, 5.74) is 3.21. The number of morpholine rings is 1. The van der Waals surface area contributed by atoms with Gasteiger partial charge in [0.25, 0.3) is 5.91 Å². The summed E-state index contributed by atoms with van der Waals surface area (Å²) in [5, 5.41) is 3.14. The van der Waals surface area contributed by atoms with Crippen LogP contribution in [-0.4, -0.2) is 53.8 Å². The molecule has 2 unspecified atom stereocenters. The van der Waals surface area contributed by atoms with Gasteiger partial charge in [-0.3, -0.25) is 9.69 Å². The van der Waals surface area contributed by atoms with Gasteiger partial charge in [-0.25, -0.2) is 0 Å². The molecule has 3 rings (SSSR count). The van der Waals surface area contributed by atoms with Gasteiger partial charge in [-0.15, -0.1) is 0 Å². The molecule has 1 N–H and O–H groups in total. The average molecular weight is 376 g/mol. The van der Waals surface area contributed by atoms with Crippen LogP contribution in [0.25, 0.3) is 0 Å². The van der Waals surface area contributed by atoms with Crippen LogP contribution in [0, 0.1) is 13.8 Å². The van der Waals surface area contributed by atoms with E-state index < -0.39 is 0 Å². The Hall–Kier alpha value is -1.33. The van der Waals surface area contributed by atoms with Crippen molar-refractivity contribution in [3.8, 4) is 0 Å². The van der Waals surface area contributed by atoms with Gasteiger partial charge >= 0.3 is 0 Å². The zero-order valence-corrected chi connectivity index (χ0v) is 17.6. The second-order valence-corrected chi connectivity index (χ2v) is 8.57. The molecule has 2 atom stereocenters. The van der Waals surface area contributed by atoms with E-state index in [4.69, 9.17) is 4.74 Å². The van der Waals surface area contributed by atoms with E-state index in [-0.39, 0.29) is 5.91 Å². The highest BCUT2D eigenvalue weighted by Gasteiger charge is 2.23. The molecule has 2 fully saturated rings. The van der Waals surface area contributed by atoms with Crippen LogP contribution in [0.2, 0.25) is 0 Å². The van der Waals surface area contributed by atoms with Crippen molar-refractivity contribution >= 4 is 5.91 Å².